The molecule has 0 unspecified atom stereocenters. The minimum absolute atomic E-state index is 0.168. The van der Waals surface area contributed by atoms with Gasteiger partial charge in [-0.05, 0) is 40.2 Å². The van der Waals surface area contributed by atoms with Crippen LogP contribution in [0.5, 0.6) is 0 Å². The maximum absolute atomic E-state index is 12.5. The van der Waals surface area contributed by atoms with Gasteiger partial charge in [0.1, 0.15) is 4.90 Å². The Bertz CT molecular complexity index is 921. The van der Waals surface area contributed by atoms with Gasteiger partial charge in [-0.15, -0.1) is 0 Å². The van der Waals surface area contributed by atoms with Gasteiger partial charge >= 0.3 is 0 Å². The lowest BCUT2D eigenvalue weighted by atomic mass is 10.2. The third-order valence-electron chi connectivity index (χ3n) is 2.97. The van der Waals surface area contributed by atoms with Gasteiger partial charge in [-0.2, -0.15) is 0 Å². The zero-order valence-corrected chi connectivity index (χ0v) is 13.1. The number of nitrogens with two attached hydrogens (primary N) is 1. The van der Waals surface area contributed by atoms with E-state index in [1.54, 1.807) is 24.3 Å². The number of hydrogen-bond donors (Lipinski definition) is 3. The van der Waals surface area contributed by atoms with Crippen LogP contribution in [0.1, 0.15) is 0 Å². The highest BCUT2D eigenvalue weighted by Gasteiger charge is 2.20. The molecule has 3 rings (SSSR count). The normalized spacial score (nSPS) is 11.7. The van der Waals surface area contributed by atoms with Gasteiger partial charge in [-0.3, -0.25) is 9.71 Å². The first-order chi connectivity index (χ1) is 9.97. The summed E-state index contributed by atoms with van der Waals surface area (Å²) in [5.74, 6) is 0. The van der Waals surface area contributed by atoms with Gasteiger partial charge in [0, 0.05) is 35.2 Å². The number of nitrogen functional groups attached to an aromatic ring is 1. The second-order valence-corrected chi connectivity index (χ2v) is 6.92. The van der Waals surface area contributed by atoms with E-state index in [4.69, 9.17) is 5.73 Å². The summed E-state index contributed by atoms with van der Waals surface area (Å²) in [6, 6.07) is 6.61. The Morgan fingerprint density at radius 2 is 2.10 bits per heavy atom. The fourth-order valence-electron chi connectivity index (χ4n) is 2.00. The van der Waals surface area contributed by atoms with Crippen molar-refractivity contribution in [1.82, 2.24) is 9.97 Å². The van der Waals surface area contributed by atoms with E-state index in [0.29, 0.717) is 26.8 Å². The predicted octanol–water partition coefficient (Wildman–Crippen LogP) is 2.71. The van der Waals surface area contributed by atoms with E-state index in [9.17, 15) is 8.42 Å². The van der Waals surface area contributed by atoms with E-state index in [0.717, 1.165) is 0 Å². The molecular formula is C13H11BrN4O2S. The average molecular weight is 367 g/mol. The van der Waals surface area contributed by atoms with Gasteiger partial charge in [0.25, 0.3) is 10.0 Å². The molecule has 6 nitrogen and oxygen atoms in total. The molecule has 0 saturated carbocycles. The molecular weight excluding hydrogens is 356 g/mol. The van der Waals surface area contributed by atoms with Gasteiger partial charge in [0.15, 0.2) is 0 Å². The number of aromatic amines is 1. The van der Waals surface area contributed by atoms with Gasteiger partial charge in [0.2, 0.25) is 0 Å². The molecule has 4 N–H and O–H groups in total. The van der Waals surface area contributed by atoms with Crippen molar-refractivity contribution in [1.29, 1.82) is 0 Å². The molecule has 1 aromatic carbocycles. The molecule has 8 heteroatoms. The fourth-order valence-corrected chi connectivity index (χ4v) is 3.74. The number of nitrogens with zero attached hydrogens (tertiary/aromatic N) is 1. The highest BCUT2D eigenvalue weighted by Crippen LogP contribution is 2.28. The molecule has 108 valence electrons. The average Bonchev–Trinajstić information content (AvgIpc) is 2.85. The molecule has 0 aliphatic rings. The van der Waals surface area contributed by atoms with Gasteiger partial charge in [0.05, 0.1) is 10.2 Å². The summed E-state index contributed by atoms with van der Waals surface area (Å²) >= 11 is 3.26. The van der Waals surface area contributed by atoms with Gasteiger partial charge in [-0.1, -0.05) is 0 Å². The summed E-state index contributed by atoms with van der Waals surface area (Å²) in [4.78, 5) is 6.98. The molecule has 0 amide bonds. The Kier molecular flexibility index (Phi) is 3.34. The number of aromatic nitrogens is 2. The fraction of sp³-hybridized carbons (Fsp3) is 0. The van der Waals surface area contributed by atoms with Crippen LogP contribution in [0.15, 0.2) is 52.2 Å². The second kappa shape index (κ2) is 5.05. The summed E-state index contributed by atoms with van der Waals surface area (Å²) in [6.07, 6.45) is 4.48. The third kappa shape index (κ3) is 2.59. The maximum atomic E-state index is 12.5. The first-order valence-electron chi connectivity index (χ1n) is 5.96. The van der Waals surface area contributed by atoms with Crippen LogP contribution >= 0.6 is 15.9 Å². The first kappa shape index (κ1) is 13.9. The minimum Gasteiger partial charge on any atom is -0.399 e. The Morgan fingerprint density at radius 3 is 2.86 bits per heavy atom. The molecule has 2 heterocycles. The van der Waals surface area contributed by atoms with Crippen LogP contribution in [0, 0.1) is 0 Å². The molecule has 0 bridgehead atoms. The lowest BCUT2D eigenvalue weighted by Crippen LogP contribution is -2.13. The molecule has 0 fully saturated rings. The van der Waals surface area contributed by atoms with Gasteiger partial charge in [-0.25, -0.2) is 8.42 Å². The van der Waals surface area contributed by atoms with E-state index in [2.05, 4.69) is 30.6 Å². The van der Waals surface area contributed by atoms with Crippen LogP contribution in [0.2, 0.25) is 0 Å². The number of fused-ring (bicyclic) bond motifs is 1. The van der Waals surface area contributed by atoms with Crippen LogP contribution in [0.3, 0.4) is 0 Å². The van der Waals surface area contributed by atoms with Crippen molar-refractivity contribution < 1.29 is 8.42 Å². The Morgan fingerprint density at radius 1 is 1.29 bits per heavy atom. The standard InChI is InChI=1S/C13H11BrN4O2S/c14-10-6-16-4-3-11(10)18-21(19,20)13-7-17-12-5-8(15)1-2-9(12)13/h1-7,17H,15H2,(H,16,18). The molecule has 0 aliphatic heterocycles. The van der Waals surface area contributed by atoms with Crippen LogP contribution in [0.25, 0.3) is 10.9 Å². The molecule has 2 aromatic heterocycles. The van der Waals surface area contributed by atoms with Gasteiger partial charge < -0.3 is 10.7 Å². The molecule has 0 saturated heterocycles. The number of sulfonamides is 1. The zero-order chi connectivity index (χ0) is 15.0. The van der Waals surface area contributed by atoms with E-state index < -0.39 is 10.0 Å². The van der Waals surface area contributed by atoms with Crippen molar-refractivity contribution in [3.05, 3.63) is 47.3 Å². The lowest BCUT2D eigenvalue weighted by Gasteiger charge is -2.08. The lowest BCUT2D eigenvalue weighted by molar-refractivity contribution is 0.602. The largest absolute Gasteiger partial charge is 0.399 e. The summed E-state index contributed by atoms with van der Waals surface area (Å²) in [5, 5.41) is 0.585. The third-order valence-corrected chi connectivity index (χ3v) is 5.01. The van der Waals surface area contributed by atoms with Crippen molar-refractivity contribution >= 4 is 48.2 Å². The topological polar surface area (TPSA) is 101 Å². The predicted molar refractivity (Wildman–Crippen MR) is 85.5 cm³/mol. The van der Waals surface area contributed by atoms with E-state index in [1.165, 1.54) is 18.6 Å². The van der Waals surface area contributed by atoms with E-state index in [1.807, 2.05) is 0 Å². The molecule has 0 spiro atoms. The van der Waals surface area contributed by atoms with Crippen molar-refractivity contribution in [3.63, 3.8) is 0 Å². The molecule has 0 atom stereocenters. The second-order valence-electron chi connectivity index (χ2n) is 4.42. The van der Waals surface area contributed by atoms with E-state index >= 15 is 0 Å². The summed E-state index contributed by atoms with van der Waals surface area (Å²) in [5.41, 5.74) is 7.35. The Labute approximate surface area is 129 Å². The SMILES string of the molecule is Nc1ccc2c(S(=O)(=O)Nc3ccncc3Br)c[nH]c2c1. The molecule has 0 aliphatic carbocycles. The maximum Gasteiger partial charge on any atom is 0.264 e. The Balaban J connectivity index is 2.07. The number of pyridine rings is 1. The smallest absolute Gasteiger partial charge is 0.264 e. The van der Waals surface area contributed by atoms with Crippen molar-refractivity contribution in [3.8, 4) is 0 Å². The zero-order valence-electron chi connectivity index (χ0n) is 10.7. The van der Waals surface area contributed by atoms with E-state index in [-0.39, 0.29) is 4.90 Å². The number of nitrogens with one attached hydrogen (secondary N) is 2. The monoisotopic (exact) mass is 366 g/mol. The highest BCUT2D eigenvalue weighted by molar-refractivity contribution is 9.10. The minimum atomic E-state index is -3.71. The molecule has 3 aromatic rings. The van der Waals surface area contributed by atoms with Crippen LogP contribution < -0.4 is 10.5 Å². The number of H-pyrrole nitrogens is 1. The first-order valence-corrected chi connectivity index (χ1v) is 8.24. The van der Waals surface area contributed by atoms with Crippen LogP contribution in [0.4, 0.5) is 11.4 Å². The number of hydrogen-bond acceptors (Lipinski definition) is 4. The van der Waals surface area contributed by atoms with Crippen molar-refractivity contribution in [2.45, 2.75) is 4.90 Å². The molecule has 21 heavy (non-hydrogen) atoms. The summed E-state index contributed by atoms with van der Waals surface area (Å²) in [7, 11) is -3.71. The number of halogens is 1. The Hall–Kier alpha value is -2.06. The summed E-state index contributed by atoms with van der Waals surface area (Å²) < 4.78 is 28.1. The van der Waals surface area contributed by atoms with Crippen LogP contribution in [-0.2, 0) is 10.0 Å². The van der Waals surface area contributed by atoms with Crippen molar-refractivity contribution in [2.24, 2.45) is 0 Å². The number of rotatable bonds is 3. The van der Waals surface area contributed by atoms with Crippen LogP contribution in [-0.4, -0.2) is 18.4 Å². The van der Waals surface area contributed by atoms with Crippen molar-refractivity contribution in [2.75, 3.05) is 10.5 Å². The summed E-state index contributed by atoms with van der Waals surface area (Å²) in [6.45, 7) is 0. The number of anilines is 2. The molecule has 0 radical (unpaired) electrons. The quantitative estimate of drug-likeness (QED) is 0.620. The number of benzene rings is 1. The highest BCUT2D eigenvalue weighted by atomic mass is 79.9.